The van der Waals surface area contributed by atoms with E-state index in [0.717, 1.165) is 12.1 Å². The molecule has 1 aromatic heterocycles. The van der Waals surface area contributed by atoms with Crippen LogP contribution in [0.5, 0.6) is 0 Å². The van der Waals surface area contributed by atoms with Gasteiger partial charge < -0.3 is 5.32 Å². The maximum atomic E-state index is 13.5. The number of nitrogens with zero attached hydrogens (tertiary/aromatic N) is 2. The van der Waals surface area contributed by atoms with Crippen molar-refractivity contribution in [1.29, 1.82) is 0 Å². The van der Waals surface area contributed by atoms with Crippen LogP contribution in [0.25, 0.3) is 11.3 Å². The Kier molecular flexibility index (Phi) is 4.81. The van der Waals surface area contributed by atoms with Crippen LogP contribution >= 0.6 is 11.6 Å². The molecule has 0 saturated heterocycles. The second-order valence-corrected chi connectivity index (χ2v) is 5.76. The third-order valence-corrected chi connectivity index (χ3v) is 3.88. The van der Waals surface area contributed by atoms with Crippen LogP contribution in [0.1, 0.15) is 17.4 Å². The first-order valence-corrected chi connectivity index (χ1v) is 7.96. The summed E-state index contributed by atoms with van der Waals surface area (Å²) in [4.78, 5) is 12.4. The van der Waals surface area contributed by atoms with E-state index in [1.807, 2.05) is 6.92 Å². The van der Waals surface area contributed by atoms with Gasteiger partial charge in [0.25, 0.3) is 5.91 Å². The third kappa shape index (κ3) is 3.69. The lowest BCUT2D eigenvalue weighted by atomic mass is 10.1. The van der Waals surface area contributed by atoms with Gasteiger partial charge in [-0.15, -0.1) is 0 Å². The summed E-state index contributed by atoms with van der Waals surface area (Å²) in [5, 5.41) is 7.51. The first-order valence-electron chi connectivity index (χ1n) is 7.58. The molecule has 128 valence electrons. The molecule has 2 aromatic carbocycles. The standard InChI is InChI=1S/C18H14ClF2N3O/c1-2-24-17(11-3-8-14(20)15(21)9-11)10-16(23-24)18(25)22-13-6-4-12(19)5-7-13/h3-10H,2H2,1H3,(H,22,25). The van der Waals surface area contributed by atoms with Gasteiger partial charge in [0.15, 0.2) is 17.3 Å². The van der Waals surface area contributed by atoms with Crippen molar-refractivity contribution in [1.82, 2.24) is 9.78 Å². The number of aryl methyl sites for hydroxylation is 1. The van der Waals surface area contributed by atoms with Crippen LogP contribution in [-0.4, -0.2) is 15.7 Å². The Labute approximate surface area is 148 Å². The van der Waals surface area contributed by atoms with Gasteiger partial charge in [0, 0.05) is 22.8 Å². The van der Waals surface area contributed by atoms with Gasteiger partial charge in [-0.1, -0.05) is 11.6 Å². The Hall–Kier alpha value is -2.73. The minimum atomic E-state index is -0.950. The van der Waals surface area contributed by atoms with Crippen molar-refractivity contribution in [3.05, 3.63) is 70.9 Å². The van der Waals surface area contributed by atoms with E-state index in [9.17, 15) is 13.6 Å². The fraction of sp³-hybridized carbons (Fsp3) is 0.111. The van der Waals surface area contributed by atoms with Crippen LogP contribution in [0.2, 0.25) is 5.02 Å². The van der Waals surface area contributed by atoms with E-state index < -0.39 is 17.5 Å². The van der Waals surface area contributed by atoms with Gasteiger partial charge in [0.05, 0.1) is 5.69 Å². The molecule has 0 saturated carbocycles. The summed E-state index contributed by atoms with van der Waals surface area (Å²) in [5.74, 6) is -2.28. The summed E-state index contributed by atoms with van der Waals surface area (Å²) in [6, 6.07) is 11.8. The molecule has 0 fully saturated rings. The zero-order valence-corrected chi connectivity index (χ0v) is 14.0. The van der Waals surface area contributed by atoms with Crippen molar-refractivity contribution >= 4 is 23.2 Å². The summed E-state index contributed by atoms with van der Waals surface area (Å²) in [7, 11) is 0. The van der Waals surface area contributed by atoms with Gasteiger partial charge in [-0.3, -0.25) is 9.48 Å². The first-order chi connectivity index (χ1) is 12.0. The Bertz CT molecular complexity index is 923. The summed E-state index contributed by atoms with van der Waals surface area (Å²) in [6.07, 6.45) is 0. The Morgan fingerprint density at radius 1 is 1.12 bits per heavy atom. The van der Waals surface area contributed by atoms with E-state index in [2.05, 4.69) is 10.4 Å². The van der Waals surface area contributed by atoms with Gasteiger partial charge >= 0.3 is 0 Å². The zero-order valence-electron chi connectivity index (χ0n) is 13.3. The predicted molar refractivity (Wildman–Crippen MR) is 92.7 cm³/mol. The molecule has 3 rings (SSSR count). The summed E-state index contributed by atoms with van der Waals surface area (Å²) >= 11 is 5.81. The second kappa shape index (κ2) is 7.03. The van der Waals surface area contributed by atoms with Crippen molar-refractivity contribution in [2.45, 2.75) is 13.5 Å². The summed E-state index contributed by atoms with van der Waals surface area (Å²) in [5.41, 5.74) is 1.73. The topological polar surface area (TPSA) is 46.9 Å². The quantitative estimate of drug-likeness (QED) is 0.728. The molecule has 0 atom stereocenters. The Morgan fingerprint density at radius 2 is 1.84 bits per heavy atom. The number of carbonyl (C=O) groups is 1. The molecule has 1 N–H and O–H groups in total. The molecule has 25 heavy (non-hydrogen) atoms. The lowest BCUT2D eigenvalue weighted by Crippen LogP contribution is -2.13. The number of rotatable bonds is 4. The Balaban J connectivity index is 1.90. The molecular formula is C18H14ClF2N3O. The van der Waals surface area contributed by atoms with Crippen molar-refractivity contribution in [2.75, 3.05) is 5.32 Å². The molecule has 0 radical (unpaired) electrons. The van der Waals surface area contributed by atoms with Crippen molar-refractivity contribution < 1.29 is 13.6 Å². The minimum Gasteiger partial charge on any atom is -0.321 e. The van der Waals surface area contributed by atoms with Crippen molar-refractivity contribution in [3.8, 4) is 11.3 Å². The van der Waals surface area contributed by atoms with Gasteiger partial charge in [-0.05, 0) is 55.5 Å². The summed E-state index contributed by atoms with van der Waals surface area (Å²) < 4.78 is 28.2. The predicted octanol–water partition coefficient (Wildman–Crippen LogP) is 4.75. The lowest BCUT2D eigenvalue weighted by molar-refractivity contribution is 0.102. The molecule has 0 unspecified atom stereocenters. The fourth-order valence-corrected chi connectivity index (χ4v) is 2.51. The molecule has 0 bridgehead atoms. The number of benzene rings is 2. The number of hydrogen-bond acceptors (Lipinski definition) is 2. The SMILES string of the molecule is CCn1nc(C(=O)Nc2ccc(Cl)cc2)cc1-c1ccc(F)c(F)c1. The highest BCUT2D eigenvalue weighted by Crippen LogP contribution is 2.23. The normalized spacial score (nSPS) is 10.7. The van der Waals surface area contributed by atoms with E-state index in [1.165, 1.54) is 6.07 Å². The number of carbonyl (C=O) groups excluding carboxylic acids is 1. The van der Waals surface area contributed by atoms with Gasteiger partial charge in [-0.25, -0.2) is 8.78 Å². The maximum absolute atomic E-state index is 13.5. The monoisotopic (exact) mass is 361 g/mol. The van der Waals surface area contributed by atoms with Crippen LogP contribution < -0.4 is 5.32 Å². The molecule has 7 heteroatoms. The molecule has 3 aromatic rings. The highest BCUT2D eigenvalue weighted by molar-refractivity contribution is 6.30. The van der Waals surface area contributed by atoms with E-state index >= 15 is 0 Å². The van der Waals surface area contributed by atoms with E-state index in [-0.39, 0.29) is 5.69 Å². The highest BCUT2D eigenvalue weighted by Gasteiger charge is 2.16. The number of hydrogen-bond donors (Lipinski definition) is 1. The van der Waals surface area contributed by atoms with Crippen molar-refractivity contribution in [2.24, 2.45) is 0 Å². The maximum Gasteiger partial charge on any atom is 0.276 e. The van der Waals surface area contributed by atoms with Crippen LogP contribution in [0, 0.1) is 11.6 Å². The first kappa shape index (κ1) is 17.1. The largest absolute Gasteiger partial charge is 0.321 e. The van der Waals surface area contributed by atoms with E-state index in [0.29, 0.717) is 28.5 Å². The molecular weight excluding hydrogens is 348 g/mol. The number of amides is 1. The second-order valence-electron chi connectivity index (χ2n) is 5.32. The molecule has 0 aliphatic carbocycles. The summed E-state index contributed by atoms with van der Waals surface area (Å²) in [6.45, 7) is 2.32. The number of aromatic nitrogens is 2. The highest BCUT2D eigenvalue weighted by atomic mass is 35.5. The van der Waals surface area contributed by atoms with Crippen LogP contribution in [0.4, 0.5) is 14.5 Å². The average Bonchev–Trinajstić information content (AvgIpc) is 3.04. The minimum absolute atomic E-state index is 0.177. The van der Waals surface area contributed by atoms with Crippen LogP contribution in [0.3, 0.4) is 0 Å². The average molecular weight is 362 g/mol. The van der Waals surface area contributed by atoms with Crippen LogP contribution in [0.15, 0.2) is 48.5 Å². The van der Waals surface area contributed by atoms with E-state index in [1.54, 1.807) is 35.0 Å². The Morgan fingerprint density at radius 3 is 2.48 bits per heavy atom. The third-order valence-electron chi connectivity index (χ3n) is 3.63. The van der Waals surface area contributed by atoms with Crippen LogP contribution in [-0.2, 0) is 6.54 Å². The molecule has 4 nitrogen and oxygen atoms in total. The van der Waals surface area contributed by atoms with Crippen molar-refractivity contribution in [3.63, 3.8) is 0 Å². The van der Waals surface area contributed by atoms with E-state index in [4.69, 9.17) is 11.6 Å². The fourth-order valence-electron chi connectivity index (χ4n) is 2.38. The molecule has 0 aliphatic heterocycles. The van der Waals surface area contributed by atoms with Gasteiger partial charge in [0.2, 0.25) is 0 Å². The number of nitrogens with one attached hydrogen (secondary N) is 1. The molecule has 0 aliphatic rings. The zero-order chi connectivity index (χ0) is 18.0. The lowest BCUT2D eigenvalue weighted by Gasteiger charge is -2.04. The number of halogens is 3. The smallest absolute Gasteiger partial charge is 0.276 e. The van der Waals surface area contributed by atoms with Gasteiger partial charge in [0.1, 0.15) is 0 Å². The molecule has 1 amide bonds. The molecule has 1 heterocycles. The number of anilines is 1. The van der Waals surface area contributed by atoms with Gasteiger partial charge in [-0.2, -0.15) is 5.10 Å². The molecule has 0 spiro atoms.